The Morgan fingerprint density at radius 3 is 2.30 bits per heavy atom. The van der Waals surface area contributed by atoms with Crippen LogP contribution in [-0.2, 0) is 0 Å². The van der Waals surface area contributed by atoms with Crippen LogP contribution in [0.1, 0.15) is 79.1 Å². The summed E-state index contributed by atoms with van der Waals surface area (Å²) in [5, 5.41) is 0. The van der Waals surface area contributed by atoms with Crippen molar-refractivity contribution in [3.05, 3.63) is 0 Å². The van der Waals surface area contributed by atoms with Gasteiger partial charge in [-0.05, 0) is 51.6 Å². The smallest absolute Gasteiger partial charge is 0.0394 e. The van der Waals surface area contributed by atoms with Crippen LogP contribution in [0.4, 0.5) is 0 Å². The molecule has 20 heavy (non-hydrogen) atoms. The van der Waals surface area contributed by atoms with E-state index in [1.165, 1.54) is 64.5 Å². The van der Waals surface area contributed by atoms with E-state index >= 15 is 0 Å². The van der Waals surface area contributed by atoms with Crippen LogP contribution in [0.5, 0.6) is 0 Å². The zero-order valence-electron chi connectivity index (χ0n) is 14.3. The highest BCUT2D eigenvalue weighted by Gasteiger charge is 2.39. The quantitative estimate of drug-likeness (QED) is 0.474. The first-order valence-corrected chi connectivity index (χ1v) is 8.83. The molecule has 0 saturated carbocycles. The van der Waals surface area contributed by atoms with Crippen LogP contribution in [-0.4, -0.2) is 29.6 Å². The Morgan fingerprint density at radius 2 is 1.85 bits per heavy atom. The minimum absolute atomic E-state index is 0.213. The fraction of sp³-hybridized carbons (Fsp3) is 1.00. The van der Waals surface area contributed by atoms with Crippen LogP contribution in [0.15, 0.2) is 0 Å². The highest BCUT2D eigenvalue weighted by molar-refractivity contribution is 4.97. The summed E-state index contributed by atoms with van der Waals surface area (Å²) in [7, 11) is 0. The largest absolute Gasteiger partial charge is 0.296 e. The number of hydrogen-bond donors (Lipinski definition) is 2. The Labute approximate surface area is 126 Å². The first kappa shape index (κ1) is 17.9. The molecule has 3 unspecified atom stereocenters. The lowest BCUT2D eigenvalue weighted by Gasteiger charge is -2.45. The summed E-state index contributed by atoms with van der Waals surface area (Å²) in [4.78, 5) is 2.67. The van der Waals surface area contributed by atoms with Crippen LogP contribution in [0.2, 0.25) is 0 Å². The number of likely N-dealkylation sites (tertiary alicyclic amines) is 1. The molecular formula is C17H37N3. The molecular weight excluding hydrogens is 246 g/mol. The van der Waals surface area contributed by atoms with Gasteiger partial charge in [-0.2, -0.15) is 0 Å². The molecule has 0 radical (unpaired) electrons. The van der Waals surface area contributed by atoms with Gasteiger partial charge < -0.3 is 0 Å². The maximum Gasteiger partial charge on any atom is 0.0394 e. The molecule has 0 spiro atoms. The van der Waals surface area contributed by atoms with E-state index in [1.54, 1.807) is 0 Å². The van der Waals surface area contributed by atoms with Gasteiger partial charge in [0, 0.05) is 11.6 Å². The molecule has 0 aromatic carbocycles. The summed E-state index contributed by atoms with van der Waals surface area (Å²) < 4.78 is 0. The van der Waals surface area contributed by atoms with Crippen LogP contribution < -0.4 is 11.3 Å². The Kier molecular flexibility index (Phi) is 8.08. The maximum atomic E-state index is 5.96. The van der Waals surface area contributed by atoms with E-state index in [0.29, 0.717) is 6.04 Å². The van der Waals surface area contributed by atoms with Crippen LogP contribution in [0.25, 0.3) is 0 Å². The summed E-state index contributed by atoms with van der Waals surface area (Å²) >= 11 is 0. The first-order valence-electron chi connectivity index (χ1n) is 8.83. The van der Waals surface area contributed by atoms with Gasteiger partial charge in [0.25, 0.3) is 0 Å². The van der Waals surface area contributed by atoms with Gasteiger partial charge in [-0.25, -0.2) is 0 Å². The Balaban J connectivity index is 2.69. The van der Waals surface area contributed by atoms with Crippen molar-refractivity contribution in [1.82, 2.24) is 10.3 Å². The second-order valence-electron chi connectivity index (χ2n) is 6.78. The molecule has 3 heteroatoms. The highest BCUT2D eigenvalue weighted by Crippen LogP contribution is 2.32. The van der Waals surface area contributed by atoms with E-state index < -0.39 is 0 Å². The van der Waals surface area contributed by atoms with Gasteiger partial charge in [0.15, 0.2) is 0 Å². The van der Waals surface area contributed by atoms with E-state index in [-0.39, 0.29) is 5.54 Å². The molecule has 3 N–H and O–H groups in total. The van der Waals surface area contributed by atoms with Gasteiger partial charge in [0.2, 0.25) is 0 Å². The van der Waals surface area contributed by atoms with Crippen molar-refractivity contribution in [2.75, 3.05) is 13.1 Å². The molecule has 0 aromatic rings. The summed E-state index contributed by atoms with van der Waals surface area (Å²) in [6.07, 6.45) is 10.4. The zero-order valence-corrected chi connectivity index (χ0v) is 14.3. The SMILES string of the molecule is CCCCC(CC)CC(NN)C(C)(CC)N1CCCC1. The van der Waals surface area contributed by atoms with Crippen molar-refractivity contribution in [3.8, 4) is 0 Å². The van der Waals surface area contributed by atoms with Gasteiger partial charge in [-0.3, -0.25) is 16.2 Å². The number of rotatable bonds is 10. The minimum atomic E-state index is 0.213. The second kappa shape index (κ2) is 9.01. The molecule has 3 nitrogen and oxygen atoms in total. The van der Waals surface area contributed by atoms with Crippen molar-refractivity contribution < 1.29 is 0 Å². The first-order chi connectivity index (χ1) is 9.62. The zero-order chi connectivity index (χ0) is 15.0. The normalized spacial score (nSPS) is 22.6. The van der Waals surface area contributed by atoms with E-state index in [1.807, 2.05) is 0 Å². The topological polar surface area (TPSA) is 41.3 Å². The van der Waals surface area contributed by atoms with E-state index in [2.05, 4.69) is 38.0 Å². The highest BCUT2D eigenvalue weighted by atomic mass is 15.3. The molecule has 120 valence electrons. The predicted octanol–water partition coefficient (Wildman–Crippen LogP) is 3.69. The molecule has 1 aliphatic heterocycles. The van der Waals surface area contributed by atoms with Crippen molar-refractivity contribution >= 4 is 0 Å². The van der Waals surface area contributed by atoms with Gasteiger partial charge in [0.1, 0.15) is 0 Å². The van der Waals surface area contributed by atoms with Gasteiger partial charge >= 0.3 is 0 Å². The molecule has 0 aliphatic carbocycles. The molecule has 3 atom stereocenters. The predicted molar refractivity (Wildman–Crippen MR) is 88.5 cm³/mol. The Morgan fingerprint density at radius 1 is 1.20 bits per heavy atom. The summed E-state index contributed by atoms with van der Waals surface area (Å²) in [5.41, 5.74) is 3.38. The molecule has 0 bridgehead atoms. The number of hydrogen-bond acceptors (Lipinski definition) is 3. The standard InChI is InChI=1S/C17H37N3/c1-5-8-11-15(6-2)14-16(19-18)17(4,7-3)20-12-9-10-13-20/h15-16,19H,5-14,18H2,1-4H3. The number of nitrogens with one attached hydrogen (secondary N) is 1. The van der Waals surface area contributed by atoms with Crippen molar-refractivity contribution in [2.24, 2.45) is 11.8 Å². The third-order valence-corrected chi connectivity index (χ3v) is 5.61. The molecule has 1 saturated heterocycles. The summed E-state index contributed by atoms with van der Waals surface area (Å²) in [6, 6.07) is 0.410. The van der Waals surface area contributed by atoms with Gasteiger partial charge in [-0.1, -0.05) is 46.5 Å². The minimum Gasteiger partial charge on any atom is -0.296 e. The average Bonchev–Trinajstić information content (AvgIpc) is 3.01. The van der Waals surface area contributed by atoms with Gasteiger partial charge in [-0.15, -0.1) is 0 Å². The number of hydrazine groups is 1. The molecule has 0 amide bonds. The average molecular weight is 284 g/mol. The third-order valence-electron chi connectivity index (χ3n) is 5.61. The van der Waals surface area contributed by atoms with Gasteiger partial charge in [0.05, 0.1) is 0 Å². The fourth-order valence-electron chi connectivity index (χ4n) is 3.73. The van der Waals surface area contributed by atoms with Crippen LogP contribution >= 0.6 is 0 Å². The molecule has 1 heterocycles. The second-order valence-corrected chi connectivity index (χ2v) is 6.78. The summed E-state index contributed by atoms with van der Waals surface area (Å²) in [6.45, 7) is 11.8. The number of unbranched alkanes of at least 4 members (excludes halogenated alkanes) is 1. The van der Waals surface area contributed by atoms with Crippen molar-refractivity contribution in [3.63, 3.8) is 0 Å². The Bertz CT molecular complexity index is 251. The third kappa shape index (κ3) is 4.44. The van der Waals surface area contributed by atoms with E-state index in [9.17, 15) is 0 Å². The number of nitrogens with two attached hydrogens (primary N) is 1. The molecule has 1 aliphatic rings. The molecule has 1 rings (SSSR count). The van der Waals surface area contributed by atoms with Crippen LogP contribution in [0.3, 0.4) is 0 Å². The van der Waals surface area contributed by atoms with Crippen LogP contribution in [0, 0.1) is 5.92 Å². The summed E-state index contributed by atoms with van der Waals surface area (Å²) in [5.74, 6) is 6.77. The molecule has 1 fully saturated rings. The van der Waals surface area contributed by atoms with Crippen molar-refractivity contribution in [2.45, 2.75) is 90.6 Å². The number of nitrogens with zero attached hydrogens (tertiary/aromatic N) is 1. The lowest BCUT2D eigenvalue weighted by Crippen LogP contribution is -2.60. The van der Waals surface area contributed by atoms with Crippen molar-refractivity contribution in [1.29, 1.82) is 0 Å². The fourth-order valence-corrected chi connectivity index (χ4v) is 3.73. The maximum absolute atomic E-state index is 5.96. The lowest BCUT2D eigenvalue weighted by atomic mass is 9.80. The molecule has 0 aromatic heterocycles. The lowest BCUT2D eigenvalue weighted by molar-refractivity contribution is 0.0712. The Hall–Kier alpha value is -0.120. The monoisotopic (exact) mass is 283 g/mol. The van der Waals surface area contributed by atoms with E-state index in [4.69, 9.17) is 5.84 Å². The van der Waals surface area contributed by atoms with E-state index in [0.717, 1.165) is 5.92 Å².